The maximum absolute atomic E-state index is 12.3. The summed E-state index contributed by atoms with van der Waals surface area (Å²) >= 11 is 0. The van der Waals surface area contributed by atoms with Gasteiger partial charge >= 0.3 is 5.97 Å². The van der Waals surface area contributed by atoms with Crippen molar-refractivity contribution in [1.29, 1.82) is 0 Å². The fourth-order valence-electron chi connectivity index (χ4n) is 4.68. The molecule has 0 heterocycles. The number of carbonyl (C=O) groups is 1. The first-order chi connectivity index (χ1) is 17.4. The lowest BCUT2D eigenvalue weighted by Gasteiger charge is -2.29. The first-order valence-electron chi connectivity index (χ1n) is 14.2. The molecule has 0 aliphatic carbocycles. The third kappa shape index (κ3) is 13.7. The summed E-state index contributed by atoms with van der Waals surface area (Å²) in [5, 5.41) is 0. The molecule has 1 unspecified atom stereocenters. The minimum atomic E-state index is -0.590. The minimum absolute atomic E-state index is 0.201. The van der Waals surface area contributed by atoms with E-state index in [1.165, 1.54) is 68.9 Å². The Hall–Kier alpha value is -2.33. The zero-order chi connectivity index (χ0) is 26.1. The summed E-state index contributed by atoms with van der Waals surface area (Å²) in [6.45, 7) is 5.93. The molecule has 0 spiro atoms. The number of nitrogens with zero attached hydrogens (tertiary/aromatic N) is 1. The highest BCUT2D eigenvalue weighted by molar-refractivity contribution is 5.69. The number of quaternary nitrogens is 1. The Kier molecular flexibility index (Phi) is 14.3. The Labute approximate surface area is 220 Å². The van der Waals surface area contributed by atoms with E-state index in [4.69, 9.17) is 9.47 Å². The second kappa shape index (κ2) is 17.2. The van der Waals surface area contributed by atoms with Gasteiger partial charge in [0.1, 0.15) is 12.3 Å². The Morgan fingerprint density at radius 1 is 0.806 bits per heavy atom. The fourth-order valence-corrected chi connectivity index (χ4v) is 4.68. The van der Waals surface area contributed by atoms with Crippen molar-refractivity contribution in [1.82, 2.24) is 0 Å². The van der Waals surface area contributed by atoms with E-state index in [1.54, 1.807) is 6.92 Å². The fraction of sp³-hybridized carbons (Fsp3) is 0.594. The molecule has 2 aromatic carbocycles. The summed E-state index contributed by atoms with van der Waals surface area (Å²) in [6.07, 6.45) is 13.7. The number of rotatable bonds is 19. The molecule has 0 bridgehead atoms. The van der Waals surface area contributed by atoms with Gasteiger partial charge in [0.15, 0.2) is 0 Å². The summed E-state index contributed by atoms with van der Waals surface area (Å²) in [6, 6.07) is 18.7. The normalized spacial score (nSPS) is 12.3. The standard InChI is InChI=1S/C32H50NO3/c1-5-6-7-8-9-10-11-12-14-19-29-22-17-23-31(26-29)35-28(2)36-32(34)24-18-25-33(3,4)27-30-20-15-13-16-21-30/h13,15-17,20-23,26,28H,5-12,14,18-19,24-25,27H2,1-4H3/q+1. The van der Waals surface area contributed by atoms with Crippen molar-refractivity contribution in [3.05, 3.63) is 65.7 Å². The van der Waals surface area contributed by atoms with Gasteiger partial charge in [-0.2, -0.15) is 0 Å². The number of benzene rings is 2. The number of unbranched alkanes of at least 4 members (excludes halogenated alkanes) is 8. The first kappa shape index (κ1) is 29.9. The lowest BCUT2D eigenvalue weighted by atomic mass is 10.0. The SMILES string of the molecule is CCCCCCCCCCCc1cccc(OC(C)OC(=O)CCC[N+](C)(C)Cc2ccccc2)c1. The van der Waals surface area contributed by atoms with Gasteiger partial charge in [0.05, 0.1) is 27.1 Å². The van der Waals surface area contributed by atoms with Crippen molar-refractivity contribution >= 4 is 5.97 Å². The van der Waals surface area contributed by atoms with Crippen LogP contribution in [-0.4, -0.2) is 37.4 Å². The van der Waals surface area contributed by atoms with Gasteiger partial charge in [-0.1, -0.05) is 101 Å². The van der Waals surface area contributed by atoms with E-state index < -0.39 is 6.29 Å². The smallest absolute Gasteiger partial charge is 0.309 e. The molecule has 36 heavy (non-hydrogen) atoms. The Bertz CT molecular complexity index is 849. The van der Waals surface area contributed by atoms with E-state index in [9.17, 15) is 4.79 Å². The topological polar surface area (TPSA) is 35.5 Å². The van der Waals surface area contributed by atoms with Crippen LogP contribution >= 0.6 is 0 Å². The summed E-state index contributed by atoms with van der Waals surface area (Å²) < 4.78 is 12.3. The average molecular weight is 497 g/mol. The van der Waals surface area contributed by atoms with Crippen LogP contribution in [0, 0.1) is 0 Å². The van der Waals surface area contributed by atoms with Crippen LogP contribution in [0.2, 0.25) is 0 Å². The molecular formula is C32H50NO3+. The third-order valence-electron chi connectivity index (χ3n) is 6.66. The van der Waals surface area contributed by atoms with Crippen LogP contribution < -0.4 is 4.74 Å². The zero-order valence-corrected chi connectivity index (χ0v) is 23.3. The van der Waals surface area contributed by atoms with Gasteiger partial charge in [0.25, 0.3) is 0 Å². The summed E-state index contributed by atoms with van der Waals surface area (Å²) in [5.74, 6) is 0.567. The van der Waals surface area contributed by atoms with E-state index in [-0.39, 0.29) is 5.97 Å². The molecule has 0 amide bonds. The molecule has 0 aliphatic heterocycles. The molecular weight excluding hydrogens is 446 g/mol. The van der Waals surface area contributed by atoms with Crippen molar-refractivity contribution in [2.75, 3.05) is 20.6 Å². The highest BCUT2D eigenvalue weighted by Crippen LogP contribution is 2.19. The van der Waals surface area contributed by atoms with Crippen LogP contribution in [0.15, 0.2) is 54.6 Å². The molecule has 4 nitrogen and oxygen atoms in total. The van der Waals surface area contributed by atoms with Crippen molar-refractivity contribution < 1.29 is 18.8 Å². The van der Waals surface area contributed by atoms with Crippen LogP contribution in [0.3, 0.4) is 0 Å². The Morgan fingerprint density at radius 3 is 2.14 bits per heavy atom. The summed E-state index contributed by atoms with van der Waals surface area (Å²) in [5.41, 5.74) is 2.60. The minimum Gasteiger partial charge on any atom is -0.455 e. The van der Waals surface area contributed by atoms with E-state index in [1.807, 2.05) is 18.2 Å². The van der Waals surface area contributed by atoms with Gasteiger partial charge in [-0.15, -0.1) is 0 Å². The van der Waals surface area contributed by atoms with Gasteiger partial charge in [0.2, 0.25) is 6.29 Å². The van der Waals surface area contributed by atoms with Crippen LogP contribution in [0.25, 0.3) is 0 Å². The average Bonchev–Trinajstić information content (AvgIpc) is 2.83. The highest BCUT2D eigenvalue weighted by Gasteiger charge is 2.18. The van der Waals surface area contributed by atoms with Gasteiger partial charge in [-0.3, -0.25) is 4.79 Å². The molecule has 0 aliphatic rings. The number of hydrogen-bond acceptors (Lipinski definition) is 3. The molecule has 4 heteroatoms. The molecule has 0 radical (unpaired) electrons. The molecule has 0 saturated carbocycles. The number of esters is 1. The van der Waals surface area contributed by atoms with E-state index >= 15 is 0 Å². The maximum atomic E-state index is 12.3. The molecule has 2 rings (SSSR count). The van der Waals surface area contributed by atoms with Gasteiger partial charge in [0, 0.05) is 18.9 Å². The van der Waals surface area contributed by atoms with Crippen LogP contribution in [0.1, 0.15) is 95.6 Å². The van der Waals surface area contributed by atoms with Crippen molar-refractivity contribution in [2.45, 2.75) is 104 Å². The first-order valence-corrected chi connectivity index (χ1v) is 14.2. The van der Waals surface area contributed by atoms with Gasteiger partial charge in [-0.05, 0) is 30.5 Å². The van der Waals surface area contributed by atoms with Crippen LogP contribution in [-0.2, 0) is 22.5 Å². The van der Waals surface area contributed by atoms with Crippen molar-refractivity contribution in [3.8, 4) is 5.75 Å². The second-order valence-corrected chi connectivity index (χ2v) is 10.8. The molecule has 0 fully saturated rings. The lowest BCUT2D eigenvalue weighted by molar-refractivity contribution is -0.903. The highest BCUT2D eigenvalue weighted by atomic mass is 16.7. The Balaban J connectivity index is 1.61. The molecule has 1 atom stereocenters. The van der Waals surface area contributed by atoms with Crippen molar-refractivity contribution in [2.24, 2.45) is 0 Å². The Morgan fingerprint density at radius 2 is 1.44 bits per heavy atom. The van der Waals surface area contributed by atoms with Gasteiger partial charge < -0.3 is 14.0 Å². The number of hydrogen-bond donors (Lipinski definition) is 0. The van der Waals surface area contributed by atoms with Crippen LogP contribution in [0.5, 0.6) is 5.75 Å². The van der Waals surface area contributed by atoms with E-state index in [2.05, 4.69) is 57.4 Å². The third-order valence-corrected chi connectivity index (χ3v) is 6.66. The summed E-state index contributed by atoms with van der Waals surface area (Å²) in [4.78, 5) is 12.3. The monoisotopic (exact) mass is 496 g/mol. The quantitative estimate of drug-likeness (QED) is 0.0853. The molecule has 0 aromatic heterocycles. The predicted octanol–water partition coefficient (Wildman–Crippen LogP) is 8.08. The number of carbonyl (C=O) groups excluding carboxylic acids is 1. The zero-order valence-electron chi connectivity index (χ0n) is 23.3. The molecule has 0 saturated heterocycles. The summed E-state index contributed by atoms with van der Waals surface area (Å²) in [7, 11) is 4.40. The lowest BCUT2D eigenvalue weighted by Crippen LogP contribution is -2.39. The second-order valence-electron chi connectivity index (χ2n) is 10.8. The number of aryl methyl sites for hydroxylation is 1. The van der Waals surface area contributed by atoms with E-state index in [0.717, 1.165) is 36.2 Å². The maximum Gasteiger partial charge on any atom is 0.309 e. The van der Waals surface area contributed by atoms with Crippen LogP contribution in [0.4, 0.5) is 0 Å². The molecule has 200 valence electrons. The van der Waals surface area contributed by atoms with Gasteiger partial charge in [-0.25, -0.2) is 0 Å². The van der Waals surface area contributed by atoms with Crippen molar-refractivity contribution in [3.63, 3.8) is 0 Å². The molecule has 2 aromatic rings. The molecule has 0 N–H and O–H groups in total. The number of ether oxygens (including phenoxy) is 2. The van der Waals surface area contributed by atoms with E-state index in [0.29, 0.717) is 6.42 Å². The predicted molar refractivity (Wildman–Crippen MR) is 150 cm³/mol. The largest absolute Gasteiger partial charge is 0.455 e.